The summed E-state index contributed by atoms with van der Waals surface area (Å²) in [7, 11) is 0. The lowest BCUT2D eigenvalue weighted by atomic mass is 9.81. The first-order chi connectivity index (χ1) is 11.5. The van der Waals surface area contributed by atoms with Crippen molar-refractivity contribution in [3.05, 3.63) is 46.2 Å². The molecule has 1 aliphatic heterocycles. The molecule has 1 aromatic carbocycles. The van der Waals surface area contributed by atoms with E-state index >= 15 is 0 Å². The van der Waals surface area contributed by atoms with Crippen LogP contribution in [0.1, 0.15) is 30.3 Å². The van der Waals surface area contributed by atoms with E-state index in [1.54, 1.807) is 35.1 Å². The highest BCUT2D eigenvalue weighted by atomic mass is 35.5. The zero-order chi connectivity index (χ0) is 17.2. The highest BCUT2D eigenvalue weighted by Crippen LogP contribution is 2.27. The molecule has 0 bridgehead atoms. The first-order valence-corrected chi connectivity index (χ1v) is 8.72. The minimum atomic E-state index is -0.159. The molecule has 25 heavy (non-hydrogen) atoms. The van der Waals surface area contributed by atoms with Crippen molar-refractivity contribution in [2.45, 2.75) is 19.8 Å². The zero-order valence-corrected chi connectivity index (χ0v) is 16.2. The van der Waals surface area contributed by atoms with Gasteiger partial charge in [0.2, 0.25) is 0 Å². The van der Waals surface area contributed by atoms with Gasteiger partial charge in [0.25, 0.3) is 5.91 Å². The van der Waals surface area contributed by atoms with E-state index in [1.807, 2.05) is 0 Å². The van der Waals surface area contributed by atoms with Crippen LogP contribution in [0.2, 0.25) is 10.0 Å². The maximum atomic E-state index is 12.3. The fraction of sp³-hybridized carbons (Fsp3) is 0.412. The second-order valence-corrected chi connectivity index (χ2v) is 7.30. The molecule has 8 heteroatoms. The summed E-state index contributed by atoms with van der Waals surface area (Å²) in [5, 5.41) is 11.6. The number of amides is 1. The second kappa shape index (κ2) is 8.41. The lowest BCUT2D eigenvalue weighted by molar-refractivity contribution is 0.0917. The van der Waals surface area contributed by atoms with Gasteiger partial charge in [-0.2, -0.15) is 5.10 Å². The van der Waals surface area contributed by atoms with Crippen molar-refractivity contribution in [3.8, 4) is 5.69 Å². The van der Waals surface area contributed by atoms with Crippen LogP contribution in [0.3, 0.4) is 0 Å². The van der Waals surface area contributed by atoms with E-state index in [-0.39, 0.29) is 23.7 Å². The van der Waals surface area contributed by atoms with Gasteiger partial charge >= 0.3 is 0 Å². The molecule has 2 aromatic rings. The van der Waals surface area contributed by atoms with E-state index in [2.05, 4.69) is 22.7 Å². The third-order valence-corrected chi connectivity index (χ3v) is 5.21. The molecule has 0 unspecified atom stereocenters. The van der Waals surface area contributed by atoms with Gasteiger partial charge in [-0.05, 0) is 55.6 Å². The molecular formula is C17H21Cl3N4O. The van der Waals surface area contributed by atoms with Gasteiger partial charge in [-0.1, -0.05) is 30.1 Å². The minimum absolute atomic E-state index is 0. The number of nitrogens with one attached hydrogen (secondary N) is 2. The lowest BCUT2D eigenvalue weighted by Crippen LogP contribution is -2.43. The lowest BCUT2D eigenvalue weighted by Gasteiger charge is -2.34. The van der Waals surface area contributed by atoms with Gasteiger partial charge in [0.05, 0.1) is 15.7 Å². The Morgan fingerprint density at radius 3 is 2.68 bits per heavy atom. The van der Waals surface area contributed by atoms with E-state index in [0.29, 0.717) is 22.3 Å². The number of aromatic nitrogens is 2. The van der Waals surface area contributed by atoms with Gasteiger partial charge in [-0.3, -0.25) is 4.79 Å². The molecule has 0 aliphatic carbocycles. The SMILES string of the molecule is CC1(CNC(=O)c2ccn(-c3ccc(Cl)c(Cl)c3)n2)CCNCC1.Cl. The molecule has 0 radical (unpaired) electrons. The zero-order valence-electron chi connectivity index (χ0n) is 13.9. The summed E-state index contributed by atoms with van der Waals surface area (Å²) in [6.45, 7) is 4.87. The third-order valence-electron chi connectivity index (χ3n) is 4.48. The molecule has 2 heterocycles. The fourth-order valence-electron chi connectivity index (χ4n) is 2.81. The summed E-state index contributed by atoms with van der Waals surface area (Å²) in [4.78, 5) is 12.3. The predicted molar refractivity (Wildman–Crippen MR) is 103 cm³/mol. The highest BCUT2D eigenvalue weighted by molar-refractivity contribution is 6.42. The Kier molecular flexibility index (Phi) is 6.74. The first-order valence-electron chi connectivity index (χ1n) is 7.97. The Morgan fingerprint density at radius 2 is 2.00 bits per heavy atom. The number of nitrogens with zero attached hydrogens (tertiary/aromatic N) is 2. The maximum Gasteiger partial charge on any atom is 0.271 e. The molecule has 3 rings (SSSR count). The van der Waals surface area contributed by atoms with Gasteiger partial charge in [-0.25, -0.2) is 4.68 Å². The Morgan fingerprint density at radius 1 is 1.28 bits per heavy atom. The molecule has 1 fully saturated rings. The number of carbonyl (C=O) groups is 1. The van der Waals surface area contributed by atoms with Gasteiger partial charge in [0.1, 0.15) is 0 Å². The van der Waals surface area contributed by atoms with Crippen LogP contribution in [0.4, 0.5) is 0 Å². The first kappa shape index (κ1) is 20.0. The molecule has 1 amide bonds. The third kappa shape index (κ3) is 4.88. The van der Waals surface area contributed by atoms with Crippen LogP contribution in [0.15, 0.2) is 30.5 Å². The maximum absolute atomic E-state index is 12.3. The van der Waals surface area contributed by atoms with Crippen LogP contribution < -0.4 is 10.6 Å². The average Bonchev–Trinajstić information content (AvgIpc) is 3.06. The standard InChI is InChI=1S/C17H20Cl2N4O.ClH/c1-17(5-7-20-8-6-17)11-21-16(24)15-4-9-23(22-15)12-2-3-13(18)14(19)10-12;/h2-4,9-10,20H,5-8,11H2,1H3,(H,21,24);1H. The predicted octanol–water partition coefficient (Wildman–Crippen LogP) is 3.72. The molecular weight excluding hydrogens is 383 g/mol. The topological polar surface area (TPSA) is 59.0 Å². The normalized spacial score (nSPS) is 16.1. The van der Waals surface area contributed by atoms with Crippen LogP contribution in [0.5, 0.6) is 0 Å². The van der Waals surface area contributed by atoms with Crippen molar-refractivity contribution in [2.24, 2.45) is 5.41 Å². The minimum Gasteiger partial charge on any atom is -0.350 e. The van der Waals surface area contributed by atoms with E-state index in [4.69, 9.17) is 23.2 Å². The number of piperidine rings is 1. The fourth-order valence-corrected chi connectivity index (χ4v) is 3.10. The summed E-state index contributed by atoms with van der Waals surface area (Å²) in [6, 6.07) is 6.93. The molecule has 1 saturated heterocycles. The summed E-state index contributed by atoms with van der Waals surface area (Å²) in [5.41, 5.74) is 1.29. The monoisotopic (exact) mass is 402 g/mol. The van der Waals surface area contributed by atoms with E-state index < -0.39 is 0 Å². The molecule has 1 aliphatic rings. The van der Waals surface area contributed by atoms with Gasteiger partial charge in [-0.15, -0.1) is 12.4 Å². The van der Waals surface area contributed by atoms with Gasteiger partial charge < -0.3 is 10.6 Å². The van der Waals surface area contributed by atoms with Gasteiger partial charge in [0, 0.05) is 12.7 Å². The largest absolute Gasteiger partial charge is 0.350 e. The molecule has 2 N–H and O–H groups in total. The van der Waals surface area contributed by atoms with Crippen LogP contribution >= 0.6 is 35.6 Å². The van der Waals surface area contributed by atoms with E-state index in [0.717, 1.165) is 31.6 Å². The Bertz CT molecular complexity index is 741. The summed E-state index contributed by atoms with van der Waals surface area (Å²) in [5.74, 6) is -0.159. The summed E-state index contributed by atoms with van der Waals surface area (Å²) < 4.78 is 1.61. The van der Waals surface area contributed by atoms with E-state index in [9.17, 15) is 4.79 Å². The number of benzene rings is 1. The van der Waals surface area contributed by atoms with Crippen molar-refractivity contribution in [1.29, 1.82) is 0 Å². The summed E-state index contributed by atoms with van der Waals surface area (Å²) >= 11 is 11.9. The van der Waals surface area contributed by atoms with Crippen LogP contribution in [-0.2, 0) is 0 Å². The molecule has 5 nitrogen and oxygen atoms in total. The Labute approximate surface area is 163 Å². The van der Waals surface area contributed by atoms with Crippen molar-refractivity contribution in [2.75, 3.05) is 19.6 Å². The quantitative estimate of drug-likeness (QED) is 0.818. The van der Waals surface area contributed by atoms with Gasteiger partial charge in [0.15, 0.2) is 5.69 Å². The highest BCUT2D eigenvalue weighted by Gasteiger charge is 2.27. The van der Waals surface area contributed by atoms with Crippen LogP contribution in [0.25, 0.3) is 5.69 Å². The molecule has 1 aromatic heterocycles. The van der Waals surface area contributed by atoms with Crippen molar-refractivity contribution >= 4 is 41.5 Å². The second-order valence-electron chi connectivity index (χ2n) is 6.49. The smallest absolute Gasteiger partial charge is 0.271 e. The van der Waals surface area contributed by atoms with Crippen molar-refractivity contribution < 1.29 is 4.79 Å². The Balaban J connectivity index is 0.00000225. The molecule has 136 valence electrons. The van der Waals surface area contributed by atoms with Crippen LogP contribution in [-0.4, -0.2) is 35.3 Å². The molecule has 0 saturated carbocycles. The molecule has 0 atom stereocenters. The van der Waals surface area contributed by atoms with E-state index in [1.165, 1.54) is 0 Å². The van der Waals surface area contributed by atoms with Crippen molar-refractivity contribution in [1.82, 2.24) is 20.4 Å². The number of rotatable bonds is 4. The Hall–Kier alpha value is -1.27. The number of hydrogen-bond donors (Lipinski definition) is 2. The molecule has 0 spiro atoms. The number of hydrogen-bond acceptors (Lipinski definition) is 3. The number of carbonyl (C=O) groups excluding carboxylic acids is 1. The average molecular weight is 404 g/mol. The van der Waals surface area contributed by atoms with Crippen molar-refractivity contribution in [3.63, 3.8) is 0 Å². The summed E-state index contributed by atoms with van der Waals surface area (Å²) in [6.07, 6.45) is 3.86. The van der Waals surface area contributed by atoms with Crippen LogP contribution in [0, 0.1) is 5.41 Å². The number of halogens is 3.